The molecule has 2 aromatic carbocycles. The van der Waals surface area contributed by atoms with Gasteiger partial charge in [-0.2, -0.15) is 0 Å². The minimum atomic E-state index is 0.168. The molecule has 0 saturated heterocycles. The largest absolute Gasteiger partial charge is 0.294 e. The van der Waals surface area contributed by atoms with Crippen molar-refractivity contribution >= 4 is 17.7 Å². The van der Waals surface area contributed by atoms with E-state index in [1.54, 1.807) is 0 Å². The minimum absolute atomic E-state index is 0.168. The molecule has 2 heteroatoms. The first-order valence-corrected chi connectivity index (χ1v) is 8.74. The summed E-state index contributed by atoms with van der Waals surface area (Å²) in [5, 5.41) is 0. The third kappa shape index (κ3) is 4.64. The van der Waals surface area contributed by atoms with Crippen molar-refractivity contribution in [2.45, 2.75) is 53.4 Å². The Hall–Kier alpha value is -2.22. The van der Waals surface area contributed by atoms with Gasteiger partial charge >= 0.3 is 0 Å². The molecule has 0 aliphatic rings. The molecule has 0 saturated carbocycles. The van der Waals surface area contributed by atoms with E-state index in [2.05, 4.69) is 31.0 Å². The number of hydrogen-bond acceptors (Lipinski definition) is 2. The number of aryl methyl sites for hydroxylation is 1. The fraction of sp³-hybridized carbons (Fsp3) is 0.364. The quantitative estimate of drug-likeness (QED) is 0.353. The number of unbranched alkanes of at least 4 members (excludes halogenated alkanes) is 2. The van der Waals surface area contributed by atoms with Crippen molar-refractivity contribution in [3.05, 3.63) is 64.2 Å². The summed E-state index contributed by atoms with van der Waals surface area (Å²) in [6.45, 7) is 8.30. The van der Waals surface area contributed by atoms with Crippen molar-refractivity contribution in [1.82, 2.24) is 0 Å². The summed E-state index contributed by atoms with van der Waals surface area (Å²) < 4.78 is 0. The summed E-state index contributed by atoms with van der Waals surface area (Å²) >= 11 is 0. The monoisotopic (exact) mass is 321 g/mol. The number of ketones is 1. The van der Waals surface area contributed by atoms with E-state index in [1.807, 2.05) is 44.3 Å². The third-order valence-corrected chi connectivity index (χ3v) is 4.46. The van der Waals surface area contributed by atoms with Crippen molar-refractivity contribution in [1.29, 1.82) is 0 Å². The predicted molar refractivity (Wildman–Crippen MR) is 103 cm³/mol. The number of benzene rings is 2. The molecule has 0 radical (unpaired) electrons. The van der Waals surface area contributed by atoms with Crippen LogP contribution in [0.2, 0.25) is 0 Å². The van der Waals surface area contributed by atoms with Crippen LogP contribution in [0.3, 0.4) is 0 Å². The fourth-order valence-corrected chi connectivity index (χ4v) is 2.69. The van der Waals surface area contributed by atoms with Crippen LogP contribution in [0.4, 0.5) is 5.69 Å². The van der Waals surface area contributed by atoms with Gasteiger partial charge in [-0.3, -0.25) is 9.79 Å². The zero-order valence-corrected chi connectivity index (χ0v) is 15.2. The maximum absolute atomic E-state index is 12.6. The van der Waals surface area contributed by atoms with E-state index in [0.29, 0.717) is 6.42 Å². The van der Waals surface area contributed by atoms with Gasteiger partial charge < -0.3 is 0 Å². The summed E-state index contributed by atoms with van der Waals surface area (Å²) in [4.78, 5) is 17.2. The van der Waals surface area contributed by atoms with Gasteiger partial charge in [0.1, 0.15) is 0 Å². The highest BCUT2D eigenvalue weighted by atomic mass is 16.1. The summed E-state index contributed by atoms with van der Waals surface area (Å²) in [5.74, 6) is 0.168. The van der Waals surface area contributed by atoms with E-state index in [9.17, 15) is 4.79 Å². The normalized spacial score (nSPS) is 11.2. The molecule has 2 nitrogen and oxygen atoms in total. The van der Waals surface area contributed by atoms with Crippen LogP contribution >= 0.6 is 0 Å². The third-order valence-electron chi connectivity index (χ3n) is 4.46. The van der Waals surface area contributed by atoms with Gasteiger partial charge in [0.05, 0.1) is 5.69 Å². The minimum Gasteiger partial charge on any atom is -0.294 e. The highest BCUT2D eigenvalue weighted by Crippen LogP contribution is 2.25. The molecule has 2 rings (SSSR count). The van der Waals surface area contributed by atoms with Crippen molar-refractivity contribution < 1.29 is 4.79 Å². The average Bonchev–Trinajstić information content (AvgIpc) is 2.57. The molecular formula is C22H27NO. The number of aliphatic imine (C=N–C) groups is 1. The summed E-state index contributed by atoms with van der Waals surface area (Å²) in [6, 6.07) is 12.0. The van der Waals surface area contributed by atoms with E-state index in [4.69, 9.17) is 0 Å². The highest BCUT2D eigenvalue weighted by molar-refractivity contribution is 5.99. The van der Waals surface area contributed by atoms with Gasteiger partial charge in [-0.15, -0.1) is 0 Å². The molecule has 2 aromatic rings. The number of Topliss-reactive ketones (excluding diaryl/α,β-unsaturated/α-hetero) is 1. The van der Waals surface area contributed by atoms with Crippen LogP contribution in [0.25, 0.3) is 0 Å². The molecule has 0 aliphatic carbocycles. The lowest BCUT2D eigenvalue weighted by Crippen LogP contribution is -2.06. The van der Waals surface area contributed by atoms with Crippen LogP contribution in [-0.2, 0) is 6.42 Å². The Kier molecular flexibility index (Phi) is 6.48. The summed E-state index contributed by atoms with van der Waals surface area (Å²) in [5.41, 5.74) is 6.18. The summed E-state index contributed by atoms with van der Waals surface area (Å²) in [6.07, 6.45) is 5.77. The average molecular weight is 321 g/mol. The number of hydrogen-bond donors (Lipinski definition) is 0. The smallest absolute Gasteiger partial charge is 0.167 e. The molecular weight excluding hydrogens is 294 g/mol. The zero-order chi connectivity index (χ0) is 17.5. The van der Waals surface area contributed by atoms with Crippen LogP contribution in [0, 0.1) is 20.8 Å². The van der Waals surface area contributed by atoms with Gasteiger partial charge in [-0.25, -0.2) is 0 Å². The Morgan fingerprint density at radius 1 is 1.00 bits per heavy atom. The lowest BCUT2D eigenvalue weighted by Gasteiger charge is -2.10. The first-order chi connectivity index (χ1) is 11.5. The second-order valence-corrected chi connectivity index (χ2v) is 6.42. The maximum Gasteiger partial charge on any atom is 0.167 e. The highest BCUT2D eigenvalue weighted by Gasteiger charge is 2.13. The van der Waals surface area contributed by atoms with Crippen LogP contribution in [0.1, 0.15) is 58.8 Å². The van der Waals surface area contributed by atoms with Crippen LogP contribution in [0.15, 0.2) is 41.4 Å². The Morgan fingerprint density at radius 2 is 1.71 bits per heavy atom. The molecule has 0 amide bonds. The molecule has 0 spiro atoms. The van der Waals surface area contributed by atoms with Crippen molar-refractivity contribution in [2.24, 2.45) is 4.99 Å². The molecule has 126 valence electrons. The molecule has 0 unspecified atom stereocenters. The van der Waals surface area contributed by atoms with Gasteiger partial charge in [-0.1, -0.05) is 43.2 Å². The van der Waals surface area contributed by atoms with Crippen LogP contribution in [0.5, 0.6) is 0 Å². The number of carbonyl (C=O) groups excluding carboxylic acids is 1. The Bertz CT molecular complexity index is 726. The first kappa shape index (κ1) is 18.1. The molecule has 0 heterocycles. The van der Waals surface area contributed by atoms with Gasteiger partial charge in [0.2, 0.25) is 0 Å². The van der Waals surface area contributed by atoms with E-state index >= 15 is 0 Å². The lowest BCUT2D eigenvalue weighted by atomic mass is 9.95. The van der Waals surface area contributed by atoms with Gasteiger partial charge in [0, 0.05) is 18.2 Å². The topological polar surface area (TPSA) is 29.4 Å². The standard InChI is InChI=1S/C22H27NO/c1-5-6-7-14-23-21-13-12-20(17(3)18(21)4)22(24)15-19-10-8-16(2)9-11-19/h8-14H,5-7,15H2,1-4H3/b23-14+. The van der Waals surface area contributed by atoms with E-state index in [0.717, 1.165) is 40.8 Å². The van der Waals surface area contributed by atoms with Crippen LogP contribution in [-0.4, -0.2) is 12.0 Å². The fourth-order valence-electron chi connectivity index (χ4n) is 2.69. The molecule has 24 heavy (non-hydrogen) atoms. The Labute approximate surface area is 145 Å². The number of carbonyl (C=O) groups is 1. The van der Waals surface area contributed by atoms with Gasteiger partial charge in [0.15, 0.2) is 5.78 Å². The second kappa shape index (κ2) is 8.58. The summed E-state index contributed by atoms with van der Waals surface area (Å²) in [7, 11) is 0. The van der Waals surface area contributed by atoms with E-state index < -0.39 is 0 Å². The molecule has 0 aliphatic heterocycles. The lowest BCUT2D eigenvalue weighted by molar-refractivity contribution is 0.0992. The van der Waals surface area contributed by atoms with Crippen molar-refractivity contribution in [3.8, 4) is 0 Å². The van der Waals surface area contributed by atoms with Gasteiger partial charge in [0.25, 0.3) is 0 Å². The Morgan fingerprint density at radius 3 is 2.38 bits per heavy atom. The molecule has 0 atom stereocenters. The predicted octanol–water partition coefficient (Wildman–Crippen LogP) is 5.93. The van der Waals surface area contributed by atoms with E-state index in [1.165, 1.54) is 12.0 Å². The molecule has 0 bridgehead atoms. The first-order valence-electron chi connectivity index (χ1n) is 8.74. The van der Waals surface area contributed by atoms with Crippen molar-refractivity contribution in [3.63, 3.8) is 0 Å². The van der Waals surface area contributed by atoms with Gasteiger partial charge in [-0.05, 0) is 62.4 Å². The molecule has 0 N–H and O–H groups in total. The van der Waals surface area contributed by atoms with Crippen LogP contribution < -0.4 is 0 Å². The SMILES string of the molecule is CCCC/C=N/c1ccc(C(=O)Cc2ccc(C)cc2)c(C)c1C. The molecule has 0 aromatic heterocycles. The second-order valence-electron chi connectivity index (χ2n) is 6.42. The Balaban J connectivity index is 2.15. The maximum atomic E-state index is 12.6. The number of nitrogens with zero attached hydrogens (tertiary/aromatic N) is 1. The zero-order valence-electron chi connectivity index (χ0n) is 15.2. The van der Waals surface area contributed by atoms with Crippen molar-refractivity contribution in [2.75, 3.05) is 0 Å². The van der Waals surface area contributed by atoms with E-state index in [-0.39, 0.29) is 5.78 Å². The molecule has 0 fully saturated rings. The number of rotatable bonds is 7.